The van der Waals surface area contributed by atoms with E-state index in [0.717, 1.165) is 23.0 Å². The first kappa shape index (κ1) is 15.0. The molecule has 3 rings (SSSR count). The molecule has 1 heterocycles. The maximum absolute atomic E-state index is 11.0. The predicted molar refractivity (Wildman–Crippen MR) is 86.5 cm³/mol. The molecule has 0 amide bonds. The van der Waals surface area contributed by atoms with Gasteiger partial charge in [-0.25, -0.2) is 4.79 Å². The number of halogens is 1. The number of carboxylic acid groups (broad SMARTS) is 1. The average molecular weight is 352 g/mol. The van der Waals surface area contributed by atoms with Crippen molar-refractivity contribution in [1.82, 2.24) is 4.90 Å². The minimum Gasteiger partial charge on any atom is -0.478 e. The Morgan fingerprint density at radius 1 is 1.24 bits per heavy atom. The van der Waals surface area contributed by atoms with Gasteiger partial charge in [-0.2, -0.15) is 0 Å². The standard InChI is InChI=1S/C17H22BrNO2/c18-15-10-13(17(20)21)7-8-14(15)11-19-9-3-5-12-4-1-2-6-16(12)19/h7-8,10,12,16H,1-6,9,11H2,(H,20,21)/t12-,16-/m1/s1. The summed E-state index contributed by atoms with van der Waals surface area (Å²) in [6.07, 6.45) is 8.16. The van der Waals surface area contributed by atoms with Gasteiger partial charge in [-0.3, -0.25) is 4.90 Å². The number of carbonyl (C=O) groups is 1. The molecule has 114 valence electrons. The zero-order valence-corrected chi connectivity index (χ0v) is 13.8. The highest BCUT2D eigenvalue weighted by molar-refractivity contribution is 9.10. The summed E-state index contributed by atoms with van der Waals surface area (Å²) in [7, 11) is 0. The molecule has 1 aliphatic heterocycles. The van der Waals surface area contributed by atoms with E-state index in [1.807, 2.05) is 6.07 Å². The molecular formula is C17H22BrNO2. The van der Waals surface area contributed by atoms with Crippen LogP contribution in [0.2, 0.25) is 0 Å². The maximum atomic E-state index is 11.0. The number of nitrogens with zero attached hydrogens (tertiary/aromatic N) is 1. The Kier molecular flexibility index (Phi) is 4.65. The molecule has 0 unspecified atom stereocenters. The topological polar surface area (TPSA) is 40.5 Å². The molecule has 3 nitrogen and oxygen atoms in total. The second-order valence-electron chi connectivity index (χ2n) is 6.34. The SMILES string of the molecule is O=C(O)c1ccc(CN2CCC[C@H]3CCCC[C@H]32)c(Br)c1. The lowest BCUT2D eigenvalue weighted by molar-refractivity contribution is 0.0545. The number of carboxylic acids is 1. The van der Waals surface area contributed by atoms with Gasteiger partial charge in [-0.05, 0) is 55.8 Å². The molecule has 21 heavy (non-hydrogen) atoms. The van der Waals surface area contributed by atoms with Gasteiger partial charge in [0.05, 0.1) is 5.56 Å². The molecular weight excluding hydrogens is 330 g/mol. The van der Waals surface area contributed by atoms with E-state index >= 15 is 0 Å². The van der Waals surface area contributed by atoms with E-state index in [-0.39, 0.29) is 0 Å². The largest absolute Gasteiger partial charge is 0.478 e. The lowest BCUT2D eigenvalue weighted by Crippen LogP contribution is -2.46. The van der Waals surface area contributed by atoms with E-state index < -0.39 is 5.97 Å². The van der Waals surface area contributed by atoms with E-state index in [4.69, 9.17) is 5.11 Å². The molecule has 1 N–H and O–H groups in total. The molecule has 1 aliphatic carbocycles. The fraction of sp³-hybridized carbons (Fsp3) is 0.588. The third kappa shape index (κ3) is 3.32. The van der Waals surface area contributed by atoms with Crippen molar-refractivity contribution in [1.29, 1.82) is 0 Å². The van der Waals surface area contributed by atoms with Crippen LogP contribution in [0.5, 0.6) is 0 Å². The van der Waals surface area contributed by atoms with E-state index in [0.29, 0.717) is 5.56 Å². The van der Waals surface area contributed by atoms with Crippen LogP contribution in [0.3, 0.4) is 0 Å². The van der Waals surface area contributed by atoms with E-state index in [2.05, 4.69) is 20.8 Å². The van der Waals surface area contributed by atoms with Crippen molar-refractivity contribution in [2.24, 2.45) is 5.92 Å². The fourth-order valence-electron chi connectivity index (χ4n) is 3.95. The van der Waals surface area contributed by atoms with Gasteiger partial charge in [0, 0.05) is 17.1 Å². The molecule has 0 aromatic heterocycles. The maximum Gasteiger partial charge on any atom is 0.335 e. The van der Waals surface area contributed by atoms with Crippen molar-refractivity contribution < 1.29 is 9.90 Å². The van der Waals surface area contributed by atoms with Crippen molar-refractivity contribution in [3.05, 3.63) is 33.8 Å². The van der Waals surface area contributed by atoms with Crippen LogP contribution in [0, 0.1) is 5.92 Å². The van der Waals surface area contributed by atoms with Gasteiger partial charge in [-0.1, -0.05) is 34.8 Å². The molecule has 1 saturated carbocycles. The highest BCUT2D eigenvalue weighted by Gasteiger charge is 2.33. The Balaban J connectivity index is 1.74. The van der Waals surface area contributed by atoms with Gasteiger partial charge >= 0.3 is 5.97 Å². The Hall–Kier alpha value is -0.870. The van der Waals surface area contributed by atoms with Crippen LogP contribution in [-0.4, -0.2) is 28.6 Å². The van der Waals surface area contributed by atoms with Gasteiger partial charge in [0.15, 0.2) is 0 Å². The molecule has 0 spiro atoms. The lowest BCUT2D eigenvalue weighted by Gasteiger charge is -2.44. The van der Waals surface area contributed by atoms with Crippen LogP contribution < -0.4 is 0 Å². The Morgan fingerprint density at radius 3 is 2.76 bits per heavy atom. The molecule has 1 aromatic carbocycles. The number of fused-ring (bicyclic) bond motifs is 1. The second kappa shape index (κ2) is 6.49. The van der Waals surface area contributed by atoms with Crippen molar-refractivity contribution in [2.75, 3.05) is 6.54 Å². The zero-order valence-electron chi connectivity index (χ0n) is 12.2. The first-order valence-electron chi connectivity index (χ1n) is 7.91. The number of hydrogen-bond acceptors (Lipinski definition) is 2. The number of rotatable bonds is 3. The fourth-order valence-corrected chi connectivity index (χ4v) is 4.46. The predicted octanol–water partition coefficient (Wildman–Crippen LogP) is 4.30. The van der Waals surface area contributed by atoms with Gasteiger partial charge in [0.2, 0.25) is 0 Å². The summed E-state index contributed by atoms with van der Waals surface area (Å²) in [5.74, 6) is 0.0112. The average Bonchev–Trinajstić information content (AvgIpc) is 2.49. The van der Waals surface area contributed by atoms with Gasteiger partial charge in [0.25, 0.3) is 0 Å². The summed E-state index contributed by atoms with van der Waals surface area (Å²) in [6, 6.07) is 6.13. The molecule has 1 saturated heterocycles. The van der Waals surface area contributed by atoms with E-state index in [1.165, 1.54) is 50.6 Å². The quantitative estimate of drug-likeness (QED) is 0.882. The Labute approximate surface area is 134 Å². The van der Waals surface area contributed by atoms with Crippen molar-refractivity contribution >= 4 is 21.9 Å². The number of hydrogen-bond donors (Lipinski definition) is 1. The summed E-state index contributed by atoms with van der Waals surface area (Å²) in [5, 5.41) is 9.04. The van der Waals surface area contributed by atoms with Crippen LogP contribution >= 0.6 is 15.9 Å². The smallest absolute Gasteiger partial charge is 0.335 e. The van der Waals surface area contributed by atoms with Crippen LogP contribution in [-0.2, 0) is 6.54 Å². The van der Waals surface area contributed by atoms with Gasteiger partial charge in [-0.15, -0.1) is 0 Å². The third-order valence-electron chi connectivity index (χ3n) is 5.03. The van der Waals surface area contributed by atoms with Crippen LogP contribution in [0.15, 0.2) is 22.7 Å². The monoisotopic (exact) mass is 351 g/mol. The number of aromatic carboxylic acids is 1. The van der Waals surface area contributed by atoms with Crippen molar-refractivity contribution in [3.63, 3.8) is 0 Å². The van der Waals surface area contributed by atoms with E-state index in [1.54, 1.807) is 12.1 Å². The lowest BCUT2D eigenvalue weighted by atomic mass is 9.78. The van der Waals surface area contributed by atoms with Crippen LogP contribution in [0.4, 0.5) is 0 Å². The molecule has 4 heteroatoms. The van der Waals surface area contributed by atoms with Crippen molar-refractivity contribution in [3.8, 4) is 0 Å². The summed E-state index contributed by atoms with van der Waals surface area (Å²) >= 11 is 3.54. The Morgan fingerprint density at radius 2 is 2.00 bits per heavy atom. The first-order valence-corrected chi connectivity index (χ1v) is 8.70. The summed E-state index contributed by atoms with van der Waals surface area (Å²) < 4.78 is 0.917. The van der Waals surface area contributed by atoms with Crippen molar-refractivity contribution in [2.45, 2.75) is 51.1 Å². The molecule has 1 aromatic rings. The normalized spacial score (nSPS) is 26.3. The van der Waals surface area contributed by atoms with Gasteiger partial charge in [0.1, 0.15) is 0 Å². The molecule has 2 atom stereocenters. The molecule has 2 fully saturated rings. The number of piperidine rings is 1. The molecule has 0 radical (unpaired) electrons. The van der Waals surface area contributed by atoms with Gasteiger partial charge < -0.3 is 5.11 Å². The second-order valence-corrected chi connectivity index (χ2v) is 7.19. The minimum atomic E-state index is -0.868. The Bertz CT molecular complexity index is 530. The first-order chi connectivity index (χ1) is 10.1. The number of likely N-dealkylation sites (tertiary alicyclic amines) is 1. The van der Waals surface area contributed by atoms with Crippen LogP contribution in [0.25, 0.3) is 0 Å². The summed E-state index contributed by atoms with van der Waals surface area (Å²) in [5.41, 5.74) is 1.55. The molecule has 2 aliphatic rings. The highest BCUT2D eigenvalue weighted by atomic mass is 79.9. The van der Waals surface area contributed by atoms with Crippen LogP contribution in [0.1, 0.15) is 54.4 Å². The van der Waals surface area contributed by atoms with E-state index in [9.17, 15) is 4.79 Å². The zero-order chi connectivity index (χ0) is 14.8. The molecule has 0 bridgehead atoms. The third-order valence-corrected chi connectivity index (χ3v) is 5.77. The summed E-state index contributed by atoms with van der Waals surface area (Å²) in [6.45, 7) is 2.11. The number of benzene rings is 1. The minimum absolute atomic E-state index is 0.347. The summed E-state index contributed by atoms with van der Waals surface area (Å²) in [4.78, 5) is 13.6. The highest BCUT2D eigenvalue weighted by Crippen LogP contribution is 2.36.